The van der Waals surface area contributed by atoms with E-state index in [1.165, 1.54) is 16.7 Å². The van der Waals surface area contributed by atoms with Crippen LogP contribution in [-0.4, -0.2) is 20.8 Å². The molecule has 1 aromatic rings. The highest BCUT2D eigenvalue weighted by molar-refractivity contribution is 5.32. The number of ether oxygens (including phenoxy) is 1. The third-order valence-corrected chi connectivity index (χ3v) is 2.99. The van der Waals surface area contributed by atoms with Gasteiger partial charge in [-0.15, -0.1) is 0 Å². The Kier molecular flexibility index (Phi) is 5.50. The third-order valence-electron chi connectivity index (χ3n) is 2.99. The molecule has 0 aliphatic carbocycles. The number of hydrogen-bond donors (Lipinski definition) is 1. The molecule has 0 fully saturated rings. The van der Waals surface area contributed by atoms with Crippen molar-refractivity contribution < 1.29 is 4.74 Å². The predicted octanol–water partition coefficient (Wildman–Crippen LogP) is 2.99. The Bertz CT molecular complexity index is 323. The fourth-order valence-electron chi connectivity index (χ4n) is 2.10. The van der Waals surface area contributed by atoms with Gasteiger partial charge in [0.25, 0.3) is 0 Å². The molecule has 16 heavy (non-hydrogen) atoms. The van der Waals surface area contributed by atoms with E-state index in [0.29, 0.717) is 6.04 Å². The Morgan fingerprint density at radius 1 is 1.31 bits per heavy atom. The van der Waals surface area contributed by atoms with Crippen molar-refractivity contribution in [2.45, 2.75) is 32.7 Å². The Hall–Kier alpha value is -0.860. The van der Waals surface area contributed by atoms with Crippen LogP contribution in [0.5, 0.6) is 0 Å². The van der Waals surface area contributed by atoms with Gasteiger partial charge in [-0.1, -0.05) is 23.8 Å². The van der Waals surface area contributed by atoms with Crippen molar-refractivity contribution in [3.8, 4) is 0 Å². The molecule has 1 rings (SSSR count). The molecule has 0 saturated carbocycles. The summed E-state index contributed by atoms with van der Waals surface area (Å²) in [7, 11) is 3.78. The Balaban J connectivity index is 2.70. The number of nitrogens with one attached hydrogen (secondary N) is 1. The number of benzene rings is 1. The Morgan fingerprint density at radius 3 is 2.62 bits per heavy atom. The lowest BCUT2D eigenvalue weighted by Gasteiger charge is -2.19. The van der Waals surface area contributed by atoms with Crippen molar-refractivity contribution in [2.24, 2.45) is 0 Å². The fraction of sp³-hybridized carbons (Fsp3) is 0.571. The highest BCUT2D eigenvalue weighted by Crippen LogP contribution is 2.22. The van der Waals surface area contributed by atoms with Crippen LogP contribution in [0, 0.1) is 13.8 Å². The van der Waals surface area contributed by atoms with Gasteiger partial charge < -0.3 is 10.1 Å². The molecule has 0 bridgehead atoms. The molecule has 0 aliphatic rings. The van der Waals surface area contributed by atoms with Crippen molar-refractivity contribution in [2.75, 3.05) is 20.8 Å². The standard InChI is InChI=1S/C14H23NO/c1-11-7-8-13(12(2)10-11)14(15-3)6-5-9-16-4/h7-8,10,14-15H,5-6,9H2,1-4H3. The molecule has 0 radical (unpaired) electrons. The zero-order chi connectivity index (χ0) is 12.0. The van der Waals surface area contributed by atoms with E-state index in [1.807, 2.05) is 7.05 Å². The van der Waals surface area contributed by atoms with Crippen LogP contribution >= 0.6 is 0 Å². The van der Waals surface area contributed by atoms with Crippen molar-refractivity contribution in [3.63, 3.8) is 0 Å². The Labute approximate surface area is 99.0 Å². The summed E-state index contributed by atoms with van der Waals surface area (Å²) in [4.78, 5) is 0. The lowest BCUT2D eigenvalue weighted by atomic mass is 9.96. The molecule has 1 N–H and O–H groups in total. The molecule has 1 atom stereocenters. The van der Waals surface area contributed by atoms with Crippen LogP contribution in [0.1, 0.15) is 35.6 Å². The lowest BCUT2D eigenvalue weighted by Crippen LogP contribution is -2.18. The summed E-state index contributed by atoms with van der Waals surface area (Å²) >= 11 is 0. The molecular formula is C14H23NO. The van der Waals surface area contributed by atoms with E-state index in [-0.39, 0.29) is 0 Å². The quantitative estimate of drug-likeness (QED) is 0.746. The van der Waals surface area contributed by atoms with E-state index >= 15 is 0 Å². The van der Waals surface area contributed by atoms with Gasteiger partial charge in [-0.2, -0.15) is 0 Å². The van der Waals surface area contributed by atoms with Gasteiger partial charge in [-0.3, -0.25) is 0 Å². The van der Waals surface area contributed by atoms with Crippen LogP contribution in [0.3, 0.4) is 0 Å². The smallest absolute Gasteiger partial charge is 0.0462 e. The van der Waals surface area contributed by atoms with Gasteiger partial charge in [0.2, 0.25) is 0 Å². The van der Waals surface area contributed by atoms with Crippen molar-refractivity contribution >= 4 is 0 Å². The van der Waals surface area contributed by atoms with Gasteiger partial charge in [0.05, 0.1) is 0 Å². The molecule has 0 amide bonds. The summed E-state index contributed by atoms with van der Waals surface area (Å²) in [5, 5.41) is 3.38. The minimum absolute atomic E-state index is 0.441. The molecule has 2 nitrogen and oxygen atoms in total. The third kappa shape index (κ3) is 3.62. The fourth-order valence-corrected chi connectivity index (χ4v) is 2.10. The van der Waals surface area contributed by atoms with Gasteiger partial charge in [-0.25, -0.2) is 0 Å². The largest absolute Gasteiger partial charge is 0.385 e. The molecule has 0 aliphatic heterocycles. The molecule has 1 unspecified atom stereocenters. The van der Waals surface area contributed by atoms with Crippen molar-refractivity contribution in [3.05, 3.63) is 34.9 Å². The maximum Gasteiger partial charge on any atom is 0.0462 e. The molecule has 0 aromatic heterocycles. The lowest BCUT2D eigenvalue weighted by molar-refractivity contribution is 0.189. The van der Waals surface area contributed by atoms with Crippen LogP contribution < -0.4 is 5.32 Å². The highest BCUT2D eigenvalue weighted by Gasteiger charge is 2.10. The monoisotopic (exact) mass is 221 g/mol. The SMILES string of the molecule is CNC(CCCOC)c1ccc(C)cc1C. The predicted molar refractivity (Wildman–Crippen MR) is 68.8 cm³/mol. The van der Waals surface area contributed by atoms with Gasteiger partial charge in [-0.05, 0) is 44.9 Å². The number of hydrogen-bond acceptors (Lipinski definition) is 2. The maximum absolute atomic E-state index is 5.09. The van der Waals surface area contributed by atoms with Crippen LogP contribution in [0.25, 0.3) is 0 Å². The summed E-state index contributed by atoms with van der Waals surface area (Å²) in [6.07, 6.45) is 2.21. The normalized spacial score (nSPS) is 12.8. The van der Waals surface area contributed by atoms with Gasteiger partial charge >= 0.3 is 0 Å². The molecule has 0 heterocycles. The van der Waals surface area contributed by atoms with Crippen molar-refractivity contribution in [1.82, 2.24) is 5.32 Å². The summed E-state index contributed by atoms with van der Waals surface area (Å²) in [6, 6.07) is 7.10. The van der Waals surface area contributed by atoms with Crippen LogP contribution in [-0.2, 0) is 4.74 Å². The first-order valence-corrected chi connectivity index (χ1v) is 5.92. The maximum atomic E-state index is 5.09. The molecule has 0 spiro atoms. The zero-order valence-electron chi connectivity index (χ0n) is 10.8. The first-order chi connectivity index (χ1) is 7.69. The number of aryl methyl sites for hydroxylation is 2. The summed E-state index contributed by atoms with van der Waals surface area (Å²) in [5.41, 5.74) is 4.11. The van der Waals surface area contributed by atoms with Crippen LogP contribution in [0.15, 0.2) is 18.2 Å². The second-order valence-electron chi connectivity index (χ2n) is 4.34. The van der Waals surface area contributed by atoms with E-state index in [9.17, 15) is 0 Å². The second kappa shape index (κ2) is 6.66. The topological polar surface area (TPSA) is 21.3 Å². The molecule has 0 saturated heterocycles. The minimum Gasteiger partial charge on any atom is -0.385 e. The first-order valence-electron chi connectivity index (χ1n) is 5.92. The Morgan fingerprint density at radius 2 is 2.06 bits per heavy atom. The second-order valence-corrected chi connectivity index (χ2v) is 4.34. The first kappa shape index (κ1) is 13.2. The number of rotatable bonds is 6. The summed E-state index contributed by atoms with van der Waals surface area (Å²) in [6.45, 7) is 5.15. The summed E-state index contributed by atoms with van der Waals surface area (Å²) < 4.78 is 5.09. The van der Waals surface area contributed by atoms with Crippen LogP contribution in [0.4, 0.5) is 0 Å². The van der Waals surface area contributed by atoms with Gasteiger partial charge in [0, 0.05) is 19.8 Å². The van der Waals surface area contributed by atoms with E-state index in [0.717, 1.165) is 19.4 Å². The molecule has 90 valence electrons. The van der Waals surface area contributed by atoms with Gasteiger partial charge in [0.1, 0.15) is 0 Å². The van der Waals surface area contributed by atoms with E-state index < -0.39 is 0 Å². The van der Waals surface area contributed by atoms with Crippen LogP contribution in [0.2, 0.25) is 0 Å². The van der Waals surface area contributed by atoms with Crippen molar-refractivity contribution in [1.29, 1.82) is 0 Å². The average Bonchev–Trinajstić information content (AvgIpc) is 2.26. The highest BCUT2D eigenvalue weighted by atomic mass is 16.5. The average molecular weight is 221 g/mol. The minimum atomic E-state index is 0.441. The van der Waals surface area contributed by atoms with E-state index in [4.69, 9.17) is 4.74 Å². The molecule has 1 aromatic carbocycles. The molecular weight excluding hydrogens is 198 g/mol. The number of methoxy groups -OCH3 is 1. The molecule has 2 heteroatoms. The summed E-state index contributed by atoms with van der Waals surface area (Å²) in [5.74, 6) is 0. The van der Waals surface area contributed by atoms with E-state index in [1.54, 1.807) is 7.11 Å². The van der Waals surface area contributed by atoms with Gasteiger partial charge in [0.15, 0.2) is 0 Å². The van der Waals surface area contributed by atoms with E-state index in [2.05, 4.69) is 37.4 Å². The zero-order valence-corrected chi connectivity index (χ0v) is 10.8.